The van der Waals surface area contributed by atoms with Crippen molar-refractivity contribution in [3.05, 3.63) is 57.4 Å². The summed E-state index contributed by atoms with van der Waals surface area (Å²) in [4.78, 5) is 23.4. The topological polar surface area (TPSA) is 101 Å². The molecule has 0 aliphatic carbocycles. The predicted octanol–water partition coefficient (Wildman–Crippen LogP) is 3.63. The lowest BCUT2D eigenvalue weighted by Gasteiger charge is -2.10. The number of fused-ring (bicyclic) bond motifs is 1. The number of carbonyl (C=O) groups is 1. The second-order valence-corrected chi connectivity index (χ2v) is 10.6. The predicted molar refractivity (Wildman–Crippen MR) is 125 cm³/mol. The van der Waals surface area contributed by atoms with Crippen molar-refractivity contribution in [1.82, 2.24) is 20.0 Å². The number of nitrogens with zero attached hydrogens (tertiary/aromatic N) is 2. The molecule has 0 aliphatic rings. The zero-order valence-corrected chi connectivity index (χ0v) is 20.1. The fourth-order valence-corrected chi connectivity index (χ4v) is 6.01. The average Bonchev–Trinajstić information content (AvgIpc) is 3.02. The molecule has 0 radical (unpaired) electrons. The molecule has 0 aliphatic heterocycles. The Kier molecular flexibility index (Phi) is 7.08. The first-order valence-electron chi connectivity index (χ1n) is 10.2. The van der Waals surface area contributed by atoms with Crippen molar-refractivity contribution >= 4 is 37.5 Å². The standard InChI is InChI=1S/C22H28N4O3S2/c1-6-18-24-15(5)19-14(4)20(30-22(19)25-18)21(27)23-11-16-7-9-17(10-8-16)12-31(28,29)26-13(2)3/h7-10,13,26H,6,11-12H2,1-5H3,(H,23,27). The Hall–Kier alpha value is -2.36. The van der Waals surface area contributed by atoms with Gasteiger partial charge in [-0.15, -0.1) is 11.3 Å². The maximum atomic E-state index is 12.8. The molecular formula is C22H28N4O3S2. The summed E-state index contributed by atoms with van der Waals surface area (Å²) in [5.74, 6) is 0.563. The first-order chi connectivity index (χ1) is 14.6. The number of nitrogens with one attached hydrogen (secondary N) is 2. The van der Waals surface area contributed by atoms with Crippen molar-refractivity contribution in [2.45, 2.75) is 59.4 Å². The second kappa shape index (κ2) is 9.42. The van der Waals surface area contributed by atoms with Crippen molar-refractivity contribution in [2.24, 2.45) is 0 Å². The fourth-order valence-electron chi connectivity index (χ4n) is 3.41. The van der Waals surface area contributed by atoms with E-state index in [4.69, 9.17) is 0 Å². The normalized spacial score (nSPS) is 11.9. The smallest absolute Gasteiger partial charge is 0.261 e. The van der Waals surface area contributed by atoms with E-state index in [0.29, 0.717) is 17.0 Å². The minimum atomic E-state index is -3.36. The van der Waals surface area contributed by atoms with Crippen LogP contribution in [0.15, 0.2) is 24.3 Å². The summed E-state index contributed by atoms with van der Waals surface area (Å²) in [6.07, 6.45) is 0.750. The van der Waals surface area contributed by atoms with Crippen LogP contribution in [0, 0.1) is 13.8 Å². The molecule has 0 saturated heterocycles. The molecule has 0 saturated carbocycles. The number of carbonyl (C=O) groups excluding carboxylic acids is 1. The lowest BCUT2D eigenvalue weighted by molar-refractivity contribution is 0.0954. The van der Waals surface area contributed by atoms with Crippen molar-refractivity contribution in [2.75, 3.05) is 0 Å². The van der Waals surface area contributed by atoms with Crippen molar-refractivity contribution in [1.29, 1.82) is 0 Å². The summed E-state index contributed by atoms with van der Waals surface area (Å²) in [5, 5.41) is 3.90. The maximum absolute atomic E-state index is 12.8. The maximum Gasteiger partial charge on any atom is 0.261 e. The van der Waals surface area contributed by atoms with E-state index in [2.05, 4.69) is 20.0 Å². The molecule has 0 spiro atoms. The quantitative estimate of drug-likeness (QED) is 0.535. The molecule has 1 amide bonds. The van der Waals surface area contributed by atoms with Gasteiger partial charge in [0.2, 0.25) is 10.0 Å². The van der Waals surface area contributed by atoms with E-state index in [-0.39, 0.29) is 17.7 Å². The highest BCUT2D eigenvalue weighted by molar-refractivity contribution is 7.88. The minimum absolute atomic E-state index is 0.0705. The fraction of sp³-hybridized carbons (Fsp3) is 0.409. The van der Waals surface area contributed by atoms with Crippen LogP contribution >= 0.6 is 11.3 Å². The molecular weight excluding hydrogens is 432 g/mol. The summed E-state index contributed by atoms with van der Waals surface area (Å²) >= 11 is 1.39. The summed E-state index contributed by atoms with van der Waals surface area (Å²) < 4.78 is 26.7. The van der Waals surface area contributed by atoms with Crippen LogP contribution in [0.5, 0.6) is 0 Å². The molecule has 1 aromatic carbocycles. The number of aromatic nitrogens is 2. The number of benzene rings is 1. The Labute approximate surface area is 187 Å². The van der Waals surface area contributed by atoms with Crippen LogP contribution in [-0.2, 0) is 28.7 Å². The molecule has 2 heterocycles. The van der Waals surface area contributed by atoms with Gasteiger partial charge in [0.15, 0.2) is 0 Å². The number of aryl methyl sites for hydroxylation is 3. The van der Waals surface area contributed by atoms with Gasteiger partial charge in [-0.1, -0.05) is 31.2 Å². The van der Waals surface area contributed by atoms with E-state index < -0.39 is 10.0 Å². The van der Waals surface area contributed by atoms with Gasteiger partial charge in [-0.05, 0) is 44.4 Å². The van der Waals surface area contributed by atoms with Crippen molar-refractivity contribution in [3.63, 3.8) is 0 Å². The van der Waals surface area contributed by atoms with Crippen LogP contribution in [0.1, 0.15) is 58.7 Å². The molecule has 166 valence electrons. The molecule has 2 aromatic heterocycles. The molecule has 0 atom stereocenters. The number of hydrogen-bond donors (Lipinski definition) is 2. The lowest BCUT2D eigenvalue weighted by Crippen LogP contribution is -2.31. The van der Waals surface area contributed by atoms with E-state index in [1.54, 1.807) is 26.0 Å². The van der Waals surface area contributed by atoms with Gasteiger partial charge < -0.3 is 5.32 Å². The molecule has 3 aromatic rings. The Morgan fingerprint density at radius 1 is 1.10 bits per heavy atom. The number of hydrogen-bond acceptors (Lipinski definition) is 6. The van der Waals surface area contributed by atoms with Crippen LogP contribution in [0.25, 0.3) is 10.2 Å². The zero-order valence-electron chi connectivity index (χ0n) is 18.4. The molecule has 0 fully saturated rings. The Morgan fingerprint density at radius 2 is 1.74 bits per heavy atom. The van der Waals surface area contributed by atoms with Crippen molar-refractivity contribution < 1.29 is 13.2 Å². The summed E-state index contributed by atoms with van der Waals surface area (Å²) in [5.41, 5.74) is 3.39. The van der Waals surface area contributed by atoms with E-state index >= 15 is 0 Å². The van der Waals surface area contributed by atoms with Gasteiger partial charge in [-0.3, -0.25) is 4.79 Å². The highest BCUT2D eigenvalue weighted by Crippen LogP contribution is 2.31. The van der Waals surface area contributed by atoms with E-state index in [9.17, 15) is 13.2 Å². The molecule has 2 N–H and O–H groups in total. The SMILES string of the molecule is CCc1nc(C)c2c(C)c(C(=O)NCc3ccc(CS(=O)(=O)NC(C)C)cc3)sc2n1. The van der Waals surface area contributed by atoms with E-state index in [0.717, 1.165) is 39.3 Å². The number of rotatable bonds is 8. The third kappa shape index (κ3) is 5.66. The highest BCUT2D eigenvalue weighted by atomic mass is 32.2. The first-order valence-corrected chi connectivity index (χ1v) is 12.7. The van der Waals surface area contributed by atoms with Crippen LogP contribution in [0.4, 0.5) is 0 Å². The van der Waals surface area contributed by atoms with Crippen molar-refractivity contribution in [3.8, 4) is 0 Å². The van der Waals surface area contributed by atoms with E-state index in [1.165, 1.54) is 11.3 Å². The number of amides is 1. The van der Waals surface area contributed by atoms with Gasteiger partial charge >= 0.3 is 0 Å². The monoisotopic (exact) mass is 460 g/mol. The Morgan fingerprint density at radius 3 is 2.35 bits per heavy atom. The van der Waals surface area contributed by atoms with Gasteiger partial charge in [0, 0.05) is 30.1 Å². The molecule has 31 heavy (non-hydrogen) atoms. The molecule has 0 unspecified atom stereocenters. The van der Waals surface area contributed by atoms with Crippen LogP contribution in [0.2, 0.25) is 0 Å². The average molecular weight is 461 g/mol. The van der Waals surface area contributed by atoms with Crippen LogP contribution < -0.4 is 10.0 Å². The van der Waals surface area contributed by atoms with Gasteiger partial charge in [0.1, 0.15) is 10.7 Å². The van der Waals surface area contributed by atoms with Crippen LogP contribution in [0.3, 0.4) is 0 Å². The van der Waals surface area contributed by atoms with Gasteiger partial charge in [0.05, 0.1) is 10.6 Å². The zero-order chi connectivity index (χ0) is 22.8. The summed E-state index contributed by atoms with van der Waals surface area (Å²) in [6, 6.07) is 7.08. The number of thiophene rings is 1. The lowest BCUT2D eigenvalue weighted by atomic mass is 10.1. The van der Waals surface area contributed by atoms with Gasteiger partial charge in [-0.2, -0.15) is 0 Å². The molecule has 7 nitrogen and oxygen atoms in total. The second-order valence-electron chi connectivity index (χ2n) is 7.85. The third-order valence-corrected chi connectivity index (χ3v) is 7.52. The highest BCUT2D eigenvalue weighted by Gasteiger charge is 2.19. The number of sulfonamides is 1. The third-order valence-electron chi connectivity index (χ3n) is 4.79. The molecule has 3 rings (SSSR count). The summed E-state index contributed by atoms with van der Waals surface area (Å²) in [7, 11) is -3.36. The van der Waals surface area contributed by atoms with E-state index in [1.807, 2.05) is 32.9 Å². The Balaban J connectivity index is 1.68. The molecule has 9 heteroatoms. The first kappa shape index (κ1) is 23.3. The molecule has 0 bridgehead atoms. The van der Waals surface area contributed by atoms with Crippen LogP contribution in [-0.4, -0.2) is 30.3 Å². The summed E-state index contributed by atoms with van der Waals surface area (Å²) in [6.45, 7) is 9.82. The van der Waals surface area contributed by atoms with Gasteiger partial charge in [-0.25, -0.2) is 23.1 Å². The Bertz CT molecular complexity index is 1200. The van der Waals surface area contributed by atoms with Gasteiger partial charge in [0.25, 0.3) is 5.91 Å². The minimum Gasteiger partial charge on any atom is -0.347 e. The largest absolute Gasteiger partial charge is 0.347 e.